The van der Waals surface area contributed by atoms with Crippen LogP contribution in [0.2, 0.25) is 0 Å². The Morgan fingerprint density at radius 1 is 1.06 bits per heavy atom. The Kier molecular flexibility index (Phi) is 6.04. The van der Waals surface area contributed by atoms with Crippen molar-refractivity contribution in [1.82, 2.24) is 5.32 Å². The first kappa shape index (κ1) is 21.7. The first-order valence-corrected chi connectivity index (χ1v) is 10.8. The minimum absolute atomic E-state index is 0.0577. The van der Waals surface area contributed by atoms with Crippen molar-refractivity contribution in [2.24, 2.45) is 0 Å². The van der Waals surface area contributed by atoms with Gasteiger partial charge in [-0.05, 0) is 56.5 Å². The van der Waals surface area contributed by atoms with E-state index in [4.69, 9.17) is 9.47 Å². The van der Waals surface area contributed by atoms with Crippen molar-refractivity contribution in [3.63, 3.8) is 0 Å². The summed E-state index contributed by atoms with van der Waals surface area (Å²) in [5.74, 6) is 0.512. The first-order valence-electron chi connectivity index (χ1n) is 10.8. The number of ether oxygens (including phenoxy) is 2. The Labute approximate surface area is 188 Å². The summed E-state index contributed by atoms with van der Waals surface area (Å²) in [6.07, 6.45) is 2.04. The number of Topliss-reactive ketones (excluding diaryl/α,β-unsaturated/α-hetero) is 1. The molecule has 1 aliphatic carbocycles. The lowest BCUT2D eigenvalue weighted by molar-refractivity contribution is -0.116. The van der Waals surface area contributed by atoms with E-state index >= 15 is 0 Å². The van der Waals surface area contributed by atoms with Gasteiger partial charge in [0.1, 0.15) is 11.5 Å². The molecule has 2 aliphatic rings. The van der Waals surface area contributed by atoms with Gasteiger partial charge in [-0.25, -0.2) is 0 Å². The fourth-order valence-corrected chi connectivity index (χ4v) is 4.56. The van der Waals surface area contributed by atoms with E-state index in [2.05, 4.69) is 10.6 Å². The van der Waals surface area contributed by atoms with Crippen LogP contribution >= 0.6 is 0 Å². The number of benzene rings is 2. The number of amides is 1. The maximum atomic E-state index is 13.6. The van der Waals surface area contributed by atoms with E-state index < -0.39 is 5.92 Å². The van der Waals surface area contributed by atoms with Crippen LogP contribution in [0.3, 0.4) is 0 Å². The molecule has 0 saturated heterocycles. The third-order valence-electron chi connectivity index (χ3n) is 6.16. The highest BCUT2D eigenvalue weighted by molar-refractivity contribution is 6.10. The number of para-hydroxylation sites is 1. The zero-order valence-corrected chi connectivity index (χ0v) is 18.9. The Morgan fingerprint density at radius 2 is 1.84 bits per heavy atom. The van der Waals surface area contributed by atoms with Crippen molar-refractivity contribution in [2.45, 2.75) is 39.0 Å². The van der Waals surface area contributed by atoms with E-state index in [1.807, 2.05) is 56.3 Å². The van der Waals surface area contributed by atoms with Crippen LogP contribution < -0.4 is 20.1 Å². The zero-order valence-electron chi connectivity index (χ0n) is 18.9. The molecule has 2 aromatic carbocycles. The average molecular weight is 433 g/mol. The van der Waals surface area contributed by atoms with E-state index in [1.54, 1.807) is 14.2 Å². The molecule has 2 aromatic rings. The van der Waals surface area contributed by atoms with Gasteiger partial charge in [0, 0.05) is 40.2 Å². The summed E-state index contributed by atoms with van der Waals surface area (Å²) in [5.41, 5.74) is 5.22. The van der Waals surface area contributed by atoms with Crippen LogP contribution in [0.15, 0.2) is 65.0 Å². The van der Waals surface area contributed by atoms with Crippen LogP contribution in [0.1, 0.15) is 43.2 Å². The molecule has 0 saturated carbocycles. The molecule has 1 heterocycles. The van der Waals surface area contributed by atoms with Gasteiger partial charge in [0.25, 0.3) is 5.91 Å². The van der Waals surface area contributed by atoms with Gasteiger partial charge in [-0.15, -0.1) is 0 Å². The van der Waals surface area contributed by atoms with Crippen LogP contribution in [0.25, 0.3) is 0 Å². The number of allylic oxidation sites excluding steroid dienone is 3. The van der Waals surface area contributed by atoms with Crippen molar-refractivity contribution in [2.75, 3.05) is 19.5 Å². The standard InChI is InChI=1S/C26H28N2O4/c1-15-8-5-6-9-19(15)28-26(30)23-16(2)27-20-10-7-11-21(29)25(20)24(23)18-14-17(31-3)12-13-22(18)32-4/h5-6,8-9,12-14,24,27H,7,10-11H2,1-4H3,(H,28,30). The number of aryl methyl sites for hydroxylation is 1. The molecule has 0 bridgehead atoms. The van der Waals surface area contributed by atoms with Gasteiger partial charge in [-0.3, -0.25) is 9.59 Å². The molecule has 1 aliphatic heterocycles. The minimum Gasteiger partial charge on any atom is -0.497 e. The highest BCUT2D eigenvalue weighted by atomic mass is 16.5. The van der Waals surface area contributed by atoms with E-state index in [0.29, 0.717) is 29.1 Å². The van der Waals surface area contributed by atoms with Gasteiger partial charge in [-0.1, -0.05) is 18.2 Å². The second kappa shape index (κ2) is 8.91. The van der Waals surface area contributed by atoms with Crippen LogP contribution in [-0.2, 0) is 9.59 Å². The number of dihydropyridines is 1. The second-order valence-corrected chi connectivity index (χ2v) is 8.14. The SMILES string of the molecule is COc1ccc(OC)c(C2C(C(=O)Nc3ccccc3C)=C(C)NC3=C2C(=O)CCC3)c1. The number of anilines is 1. The molecule has 2 N–H and O–H groups in total. The number of carbonyl (C=O) groups excluding carboxylic acids is 2. The zero-order chi connectivity index (χ0) is 22.8. The highest BCUT2D eigenvalue weighted by Gasteiger charge is 2.40. The third kappa shape index (κ3) is 3.88. The number of methoxy groups -OCH3 is 2. The van der Waals surface area contributed by atoms with Crippen LogP contribution in [0.5, 0.6) is 11.5 Å². The molecular weight excluding hydrogens is 404 g/mol. The maximum Gasteiger partial charge on any atom is 0.254 e. The normalized spacial score (nSPS) is 18.1. The quantitative estimate of drug-likeness (QED) is 0.721. The summed E-state index contributed by atoms with van der Waals surface area (Å²) < 4.78 is 11.1. The molecule has 6 heteroatoms. The molecule has 0 aromatic heterocycles. The van der Waals surface area contributed by atoms with Gasteiger partial charge < -0.3 is 20.1 Å². The lowest BCUT2D eigenvalue weighted by Crippen LogP contribution is -2.35. The molecule has 1 unspecified atom stereocenters. The van der Waals surface area contributed by atoms with Crippen LogP contribution in [0, 0.1) is 6.92 Å². The molecule has 166 valence electrons. The van der Waals surface area contributed by atoms with Crippen molar-refractivity contribution in [3.05, 3.63) is 76.1 Å². The van der Waals surface area contributed by atoms with Crippen molar-refractivity contribution in [1.29, 1.82) is 0 Å². The van der Waals surface area contributed by atoms with E-state index in [1.165, 1.54) is 0 Å². The molecule has 4 rings (SSSR count). The Balaban J connectivity index is 1.87. The molecule has 6 nitrogen and oxygen atoms in total. The van der Waals surface area contributed by atoms with Crippen molar-refractivity contribution < 1.29 is 19.1 Å². The van der Waals surface area contributed by atoms with E-state index in [0.717, 1.165) is 41.1 Å². The Morgan fingerprint density at radius 3 is 2.56 bits per heavy atom. The average Bonchev–Trinajstić information content (AvgIpc) is 2.79. The van der Waals surface area contributed by atoms with Gasteiger partial charge in [0.15, 0.2) is 5.78 Å². The van der Waals surface area contributed by atoms with Crippen LogP contribution in [-0.4, -0.2) is 25.9 Å². The molecule has 1 amide bonds. The monoisotopic (exact) mass is 432 g/mol. The Bertz CT molecular complexity index is 1150. The summed E-state index contributed by atoms with van der Waals surface area (Å²) >= 11 is 0. The molecule has 0 fully saturated rings. The second-order valence-electron chi connectivity index (χ2n) is 8.14. The molecule has 0 spiro atoms. The number of ketones is 1. The number of carbonyl (C=O) groups is 2. The summed E-state index contributed by atoms with van der Waals surface area (Å²) in [4.78, 5) is 26.8. The fourth-order valence-electron chi connectivity index (χ4n) is 4.56. The van der Waals surface area contributed by atoms with Gasteiger partial charge in [0.05, 0.1) is 20.1 Å². The van der Waals surface area contributed by atoms with Gasteiger partial charge in [-0.2, -0.15) is 0 Å². The predicted octanol–water partition coefficient (Wildman–Crippen LogP) is 4.62. The maximum absolute atomic E-state index is 13.6. The number of nitrogens with one attached hydrogen (secondary N) is 2. The van der Waals surface area contributed by atoms with Crippen molar-refractivity contribution >= 4 is 17.4 Å². The lowest BCUT2D eigenvalue weighted by atomic mass is 9.74. The molecule has 32 heavy (non-hydrogen) atoms. The molecule has 1 atom stereocenters. The predicted molar refractivity (Wildman–Crippen MR) is 124 cm³/mol. The molecular formula is C26H28N2O4. The summed E-state index contributed by atoms with van der Waals surface area (Å²) in [7, 11) is 3.19. The van der Waals surface area contributed by atoms with Crippen LogP contribution in [0.4, 0.5) is 5.69 Å². The van der Waals surface area contributed by atoms with E-state index in [9.17, 15) is 9.59 Å². The van der Waals surface area contributed by atoms with Crippen molar-refractivity contribution in [3.8, 4) is 11.5 Å². The number of hydrogen-bond donors (Lipinski definition) is 2. The first-order chi connectivity index (χ1) is 15.4. The molecule has 0 radical (unpaired) electrons. The van der Waals surface area contributed by atoms with Gasteiger partial charge >= 0.3 is 0 Å². The number of rotatable bonds is 5. The summed E-state index contributed by atoms with van der Waals surface area (Å²) in [6.45, 7) is 3.83. The fraction of sp³-hybridized carbons (Fsp3) is 0.308. The largest absolute Gasteiger partial charge is 0.497 e. The van der Waals surface area contributed by atoms with E-state index in [-0.39, 0.29) is 11.7 Å². The number of hydrogen-bond acceptors (Lipinski definition) is 5. The summed E-state index contributed by atoms with van der Waals surface area (Å²) in [5, 5.41) is 6.40. The highest BCUT2D eigenvalue weighted by Crippen LogP contribution is 2.46. The lowest BCUT2D eigenvalue weighted by Gasteiger charge is -2.35. The van der Waals surface area contributed by atoms with Gasteiger partial charge in [0.2, 0.25) is 0 Å². The topological polar surface area (TPSA) is 76.7 Å². The Hall–Kier alpha value is -3.54. The summed E-state index contributed by atoms with van der Waals surface area (Å²) in [6, 6.07) is 13.1. The minimum atomic E-state index is -0.548. The third-order valence-corrected chi connectivity index (χ3v) is 6.16. The smallest absolute Gasteiger partial charge is 0.254 e.